The lowest BCUT2D eigenvalue weighted by Crippen LogP contribution is -2.23. The molecular formula is C15H27B. The first kappa shape index (κ1) is 13.6. The van der Waals surface area contributed by atoms with E-state index in [0.29, 0.717) is 5.41 Å². The van der Waals surface area contributed by atoms with Crippen molar-refractivity contribution in [3.63, 3.8) is 0 Å². The van der Waals surface area contributed by atoms with Crippen LogP contribution in [0.15, 0.2) is 23.2 Å². The van der Waals surface area contributed by atoms with Gasteiger partial charge in [0, 0.05) is 0 Å². The number of rotatable bonds is 3. The topological polar surface area (TPSA) is 0 Å². The standard InChI is InChI=1S/C15H27B/c1-11(2)16(12(3)4)14-9-8-13(10-14)15(5,6)7/h9-12H,8H2,1-7H3. The summed E-state index contributed by atoms with van der Waals surface area (Å²) in [6, 6.07) is 0. The van der Waals surface area contributed by atoms with Crippen molar-refractivity contribution in [2.45, 2.75) is 66.5 Å². The molecule has 1 aliphatic rings. The molecule has 0 saturated heterocycles. The smallest absolute Gasteiger partial charge is 0.0860 e. The zero-order chi connectivity index (χ0) is 12.5. The van der Waals surface area contributed by atoms with Crippen LogP contribution in [0.3, 0.4) is 0 Å². The number of hydrogen-bond donors (Lipinski definition) is 0. The van der Waals surface area contributed by atoms with Gasteiger partial charge >= 0.3 is 0 Å². The Balaban J connectivity index is 2.87. The third kappa shape index (κ3) is 3.03. The van der Waals surface area contributed by atoms with E-state index in [2.05, 4.69) is 60.6 Å². The van der Waals surface area contributed by atoms with Gasteiger partial charge in [0.2, 0.25) is 0 Å². The Morgan fingerprint density at radius 3 is 1.88 bits per heavy atom. The average Bonchev–Trinajstić information content (AvgIpc) is 2.50. The number of hydrogen-bond acceptors (Lipinski definition) is 0. The summed E-state index contributed by atoms with van der Waals surface area (Å²) in [6.45, 7) is 17.0. The predicted octanol–water partition coefficient (Wildman–Crippen LogP) is 5.14. The van der Waals surface area contributed by atoms with Crippen LogP contribution in [0.2, 0.25) is 11.6 Å². The summed E-state index contributed by atoms with van der Waals surface area (Å²) in [6.07, 6.45) is 6.07. The Labute approximate surface area is 102 Å². The highest BCUT2D eigenvalue weighted by molar-refractivity contribution is 6.70. The molecule has 0 heterocycles. The molecule has 0 atom stereocenters. The van der Waals surface area contributed by atoms with Crippen molar-refractivity contribution in [2.24, 2.45) is 5.41 Å². The zero-order valence-corrected chi connectivity index (χ0v) is 12.1. The first-order valence-electron chi connectivity index (χ1n) is 6.64. The molecule has 1 heteroatoms. The van der Waals surface area contributed by atoms with Gasteiger partial charge in [0.25, 0.3) is 0 Å². The molecule has 0 unspecified atom stereocenters. The highest BCUT2D eigenvalue weighted by atomic mass is 14.2. The largest absolute Gasteiger partial charge is 0.180 e. The van der Waals surface area contributed by atoms with Crippen LogP contribution in [-0.2, 0) is 0 Å². The van der Waals surface area contributed by atoms with E-state index < -0.39 is 0 Å². The molecule has 0 fully saturated rings. The van der Waals surface area contributed by atoms with Gasteiger partial charge in [-0.05, 0) is 11.8 Å². The molecule has 0 saturated carbocycles. The Hall–Kier alpha value is -0.455. The second-order valence-corrected chi connectivity index (χ2v) is 6.84. The maximum absolute atomic E-state index is 2.46. The van der Waals surface area contributed by atoms with Crippen LogP contribution in [0.1, 0.15) is 54.9 Å². The summed E-state index contributed by atoms with van der Waals surface area (Å²) in [5, 5.41) is 0. The van der Waals surface area contributed by atoms with E-state index in [0.717, 1.165) is 24.8 Å². The fourth-order valence-electron chi connectivity index (χ4n) is 2.84. The molecule has 0 nitrogen and oxygen atoms in total. The summed E-state index contributed by atoms with van der Waals surface area (Å²) in [7, 11) is 0. The van der Waals surface area contributed by atoms with Gasteiger partial charge in [-0.3, -0.25) is 0 Å². The van der Waals surface area contributed by atoms with Crippen LogP contribution in [0.25, 0.3) is 0 Å². The van der Waals surface area contributed by atoms with Crippen molar-refractivity contribution in [3.8, 4) is 0 Å². The minimum atomic E-state index is 0.330. The molecule has 1 rings (SSSR count). The Morgan fingerprint density at radius 1 is 1.06 bits per heavy atom. The van der Waals surface area contributed by atoms with E-state index in [1.165, 1.54) is 0 Å². The first-order valence-corrected chi connectivity index (χ1v) is 6.64. The van der Waals surface area contributed by atoms with Crippen LogP contribution in [0, 0.1) is 5.41 Å². The molecule has 0 radical (unpaired) electrons. The summed E-state index contributed by atoms with van der Waals surface area (Å²) >= 11 is 0. The Kier molecular flexibility index (Phi) is 4.09. The van der Waals surface area contributed by atoms with Crippen LogP contribution in [0.5, 0.6) is 0 Å². The monoisotopic (exact) mass is 218 g/mol. The lowest BCUT2D eigenvalue weighted by atomic mass is 9.31. The van der Waals surface area contributed by atoms with Crippen molar-refractivity contribution in [3.05, 3.63) is 23.2 Å². The molecular weight excluding hydrogens is 191 g/mol. The molecule has 0 aromatic heterocycles. The van der Waals surface area contributed by atoms with Gasteiger partial charge in [-0.2, -0.15) is 0 Å². The van der Waals surface area contributed by atoms with Crippen LogP contribution >= 0.6 is 0 Å². The summed E-state index contributed by atoms with van der Waals surface area (Å²) in [5.41, 5.74) is 3.50. The SMILES string of the molecule is CC(C)B(C1=CCC(C(C)(C)C)=C1)C(C)C. The average molecular weight is 218 g/mol. The van der Waals surface area contributed by atoms with E-state index >= 15 is 0 Å². The summed E-state index contributed by atoms with van der Waals surface area (Å²) in [4.78, 5) is 0. The van der Waals surface area contributed by atoms with Crippen molar-refractivity contribution in [1.29, 1.82) is 0 Å². The van der Waals surface area contributed by atoms with Gasteiger partial charge < -0.3 is 0 Å². The summed E-state index contributed by atoms with van der Waals surface area (Å²) < 4.78 is 0. The van der Waals surface area contributed by atoms with Crippen molar-refractivity contribution < 1.29 is 0 Å². The van der Waals surface area contributed by atoms with Crippen LogP contribution < -0.4 is 0 Å². The van der Waals surface area contributed by atoms with Gasteiger partial charge in [0.1, 0.15) is 0 Å². The predicted molar refractivity (Wildman–Crippen MR) is 76.2 cm³/mol. The normalized spacial score (nSPS) is 16.8. The molecule has 0 amide bonds. The van der Waals surface area contributed by atoms with Crippen LogP contribution in [0.4, 0.5) is 0 Å². The van der Waals surface area contributed by atoms with Gasteiger partial charge in [0.15, 0.2) is 6.71 Å². The maximum atomic E-state index is 2.46. The van der Waals surface area contributed by atoms with E-state index in [9.17, 15) is 0 Å². The van der Waals surface area contributed by atoms with E-state index in [-0.39, 0.29) is 0 Å². The third-order valence-electron chi connectivity index (χ3n) is 3.68. The molecule has 16 heavy (non-hydrogen) atoms. The molecule has 0 aromatic carbocycles. The fourth-order valence-corrected chi connectivity index (χ4v) is 2.84. The van der Waals surface area contributed by atoms with Gasteiger partial charge in [0.05, 0.1) is 0 Å². The van der Waals surface area contributed by atoms with E-state index in [1.54, 1.807) is 11.0 Å². The first-order chi connectivity index (χ1) is 7.23. The highest BCUT2D eigenvalue weighted by Crippen LogP contribution is 2.37. The lowest BCUT2D eigenvalue weighted by Gasteiger charge is -2.23. The molecule has 0 N–H and O–H groups in total. The molecule has 0 aliphatic heterocycles. The molecule has 1 aliphatic carbocycles. The minimum Gasteiger partial charge on any atom is -0.0860 e. The lowest BCUT2D eigenvalue weighted by molar-refractivity contribution is 0.496. The second kappa shape index (κ2) is 4.81. The third-order valence-corrected chi connectivity index (χ3v) is 3.68. The maximum Gasteiger partial charge on any atom is 0.180 e. The van der Waals surface area contributed by atoms with Crippen molar-refractivity contribution in [1.82, 2.24) is 0 Å². The quantitative estimate of drug-likeness (QED) is 0.575. The van der Waals surface area contributed by atoms with Crippen molar-refractivity contribution >= 4 is 6.71 Å². The highest BCUT2D eigenvalue weighted by Gasteiger charge is 2.29. The van der Waals surface area contributed by atoms with Gasteiger partial charge in [-0.15, -0.1) is 0 Å². The van der Waals surface area contributed by atoms with E-state index in [4.69, 9.17) is 0 Å². The summed E-state index contributed by atoms with van der Waals surface area (Å²) in [5.74, 6) is 1.48. The number of allylic oxidation sites excluding steroid dienone is 4. The molecule has 0 bridgehead atoms. The van der Waals surface area contributed by atoms with Crippen molar-refractivity contribution in [2.75, 3.05) is 0 Å². The van der Waals surface area contributed by atoms with Gasteiger partial charge in [-0.1, -0.05) is 83.3 Å². The Morgan fingerprint density at radius 2 is 1.56 bits per heavy atom. The second-order valence-electron chi connectivity index (χ2n) is 6.84. The minimum absolute atomic E-state index is 0.330. The molecule has 0 aromatic rings. The van der Waals surface area contributed by atoms with Crippen LogP contribution in [-0.4, -0.2) is 6.71 Å². The van der Waals surface area contributed by atoms with E-state index in [1.807, 2.05) is 0 Å². The molecule has 90 valence electrons. The van der Waals surface area contributed by atoms with Gasteiger partial charge in [-0.25, -0.2) is 0 Å². The fraction of sp³-hybridized carbons (Fsp3) is 0.733. The zero-order valence-electron chi connectivity index (χ0n) is 12.1. The molecule has 0 spiro atoms. The Bertz CT molecular complexity index is 292.